The van der Waals surface area contributed by atoms with Crippen LogP contribution in [0.3, 0.4) is 0 Å². The summed E-state index contributed by atoms with van der Waals surface area (Å²) in [5, 5.41) is 0.921. The molecule has 0 bridgehead atoms. The number of hydrogen-bond donors (Lipinski definition) is 0. The fraction of sp³-hybridized carbons (Fsp3) is 0.294. The quantitative estimate of drug-likeness (QED) is 0.631. The van der Waals surface area contributed by atoms with Crippen molar-refractivity contribution in [3.8, 4) is 11.1 Å². The molecule has 94 valence electrons. The van der Waals surface area contributed by atoms with Crippen LogP contribution in [0.4, 0.5) is 0 Å². The summed E-state index contributed by atoms with van der Waals surface area (Å²) in [7, 11) is 0. The van der Waals surface area contributed by atoms with Gasteiger partial charge in [0.2, 0.25) is 0 Å². The molecule has 0 saturated carbocycles. The molecule has 0 aromatic heterocycles. The van der Waals surface area contributed by atoms with E-state index in [9.17, 15) is 0 Å². The van der Waals surface area contributed by atoms with Crippen LogP contribution in [0.25, 0.3) is 11.1 Å². The lowest BCUT2D eigenvalue weighted by Crippen LogP contribution is -1.90. The normalized spacial score (nSPS) is 10.6. The first kappa shape index (κ1) is 13.4. The van der Waals surface area contributed by atoms with E-state index in [1.54, 1.807) is 0 Å². The van der Waals surface area contributed by atoms with Crippen LogP contribution in [0.1, 0.15) is 30.9 Å². The first-order chi connectivity index (χ1) is 8.85. The van der Waals surface area contributed by atoms with Crippen LogP contribution in [-0.4, -0.2) is 0 Å². The van der Waals surface area contributed by atoms with E-state index >= 15 is 0 Å². The maximum atomic E-state index is 3.49. The average Bonchev–Trinajstić information content (AvgIpc) is 2.45. The minimum atomic E-state index is 0.921. The van der Waals surface area contributed by atoms with Crippen molar-refractivity contribution < 1.29 is 0 Å². The SMILES string of the molecule is CCCCc1ccccc1-c1ccc(CBr)cc1. The molecule has 2 aromatic carbocycles. The Kier molecular flexibility index (Phi) is 5.00. The molecule has 2 aromatic rings. The van der Waals surface area contributed by atoms with Crippen LogP contribution in [0.2, 0.25) is 0 Å². The van der Waals surface area contributed by atoms with Gasteiger partial charge in [0.25, 0.3) is 0 Å². The Hall–Kier alpha value is -1.08. The van der Waals surface area contributed by atoms with Crippen LogP contribution >= 0.6 is 15.9 Å². The van der Waals surface area contributed by atoms with Crippen LogP contribution < -0.4 is 0 Å². The summed E-state index contributed by atoms with van der Waals surface area (Å²) in [6, 6.07) is 17.6. The highest BCUT2D eigenvalue weighted by atomic mass is 79.9. The number of aryl methyl sites for hydroxylation is 1. The molecule has 0 unspecified atom stereocenters. The molecule has 0 aliphatic heterocycles. The second-order valence-corrected chi connectivity index (χ2v) is 5.15. The van der Waals surface area contributed by atoms with E-state index in [1.165, 1.54) is 41.5 Å². The van der Waals surface area contributed by atoms with Crippen molar-refractivity contribution in [3.05, 3.63) is 59.7 Å². The van der Waals surface area contributed by atoms with Gasteiger partial charge < -0.3 is 0 Å². The molecule has 2 rings (SSSR count). The predicted molar refractivity (Wildman–Crippen MR) is 83.1 cm³/mol. The molecular weight excluding hydrogens is 284 g/mol. The zero-order valence-corrected chi connectivity index (χ0v) is 12.4. The Balaban J connectivity index is 2.30. The summed E-state index contributed by atoms with van der Waals surface area (Å²) in [6.07, 6.45) is 3.68. The second kappa shape index (κ2) is 6.75. The van der Waals surface area contributed by atoms with Crippen molar-refractivity contribution in [2.45, 2.75) is 31.5 Å². The first-order valence-corrected chi connectivity index (χ1v) is 7.70. The van der Waals surface area contributed by atoms with Crippen LogP contribution in [0.15, 0.2) is 48.5 Å². The lowest BCUT2D eigenvalue weighted by Gasteiger charge is -2.09. The predicted octanol–water partition coefficient (Wildman–Crippen LogP) is 5.59. The zero-order valence-electron chi connectivity index (χ0n) is 10.8. The van der Waals surface area contributed by atoms with Crippen LogP contribution in [0.5, 0.6) is 0 Å². The van der Waals surface area contributed by atoms with Crippen molar-refractivity contribution in [2.75, 3.05) is 0 Å². The van der Waals surface area contributed by atoms with Gasteiger partial charge in [0.15, 0.2) is 0 Å². The molecule has 0 aliphatic carbocycles. The van der Waals surface area contributed by atoms with Gasteiger partial charge in [0.05, 0.1) is 0 Å². The highest BCUT2D eigenvalue weighted by Gasteiger charge is 2.04. The van der Waals surface area contributed by atoms with Crippen molar-refractivity contribution in [2.24, 2.45) is 0 Å². The molecule has 0 aliphatic rings. The number of halogens is 1. The summed E-state index contributed by atoms with van der Waals surface area (Å²) >= 11 is 3.49. The van der Waals surface area contributed by atoms with Crippen molar-refractivity contribution in [3.63, 3.8) is 0 Å². The van der Waals surface area contributed by atoms with E-state index in [0.717, 1.165) is 5.33 Å². The number of unbranched alkanes of at least 4 members (excludes halogenated alkanes) is 1. The second-order valence-electron chi connectivity index (χ2n) is 4.59. The fourth-order valence-corrected chi connectivity index (χ4v) is 2.53. The third-order valence-corrected chi connectivity index (χ3v) is 3.88. The number of benzene rings is 2. The van der Waals surface area contributed by atoms with Gasteiger partial charge in [-0.3, -0.25) is 0 Å². The fourth-order valence-electron chi connectivity index (χ4n) is 2.16. The Labute approximate surface area is 118 Å². The van der Waals surface area contributed by atoms with Crippen molar-refractivity contribution in [1.82, 2.24) is 0 Å². The molecule has 0 heterocycles. The highest BCUT2D eigenvalue weighted by Crippen LogP contribution is 2.25. The lowest BCUT2D eigenvalue weighted by molar-refractivity contribution is 0.796. The van der Waals surface area contributed by atoms with Gasteiger partial charge in [-0.2, -0.15) is 0 Å². The third kappa shape index (κ3) is 3.23. The van der Waals surface area contributed by atoms with Gasteiger partial charge in [0.1, 0.15) is 0 Å². The molecule has 0 nitrogen and oxygen atoms in total. The maximum Gasteiger partial charge on any atom is 0.0283 e. The van der Waals surface area contributed by atoms with E-state index in [-0.39, 0.29) is 0 Å². The Morgan fingerprint density at radius 3 is 2.33 bits per heavy atom. The molecule has 0 saturated heterocycles. The molecule has 0 radical (unpaired) electrons. The Morgan fingerprint density at radius 2 is 1.67 bits per heavy atom. The van der Waals surface area contributed by atoms with E-state index in [2.05, 4.69) is 71.4 Å². The van der Waals surface area contributed by atoms with E-state index < -0.39 is 0 Å². The topological polar surface area (TPSA) is 0 Å². The molecule has 18 heavy (non-hydrogen) atoms. The van der Waals surface area contributed by atoms with E-state index in [0.29, 0.717) is 0 Å². The summed E-state index contributed by atoms with van der Waals surface area (Å²) < 4.78 is 0. The zero-order chi connectivity index (χ0) is 12.8. The molecule has 0 amide bonds. The van der Waals surface area contributed by atoms with Gasteiger partial charge >= 0.3 is 0 Å². The summed E-state index contributed by atoms with van der Waals surface area (Å²) in [5.41, 5.74) is 5.49. The van der Waals surface area contributed by atoms with Gasteiger partial charge in [-0.1, -0.05) is 77.8 Å². The molecule has 0 spiro atoms. The largest absolute Gasteiger partial charge is 0.0876 e. The molecular formula is C17H19Br. The smallest absolute Gasteiger partial charge is 0.0283 e. The van der Waals surface area contributed by atoms with Gasteiger partial charge in [-0.05, 0) is 35.1 Å². The minimum absolute atomic E-state index is 0.921. The molecule has 0 fully saturated rings. The van der Waals surface area contributed by atoms with Crippen molar-refractivity contribution in [1.29, 1.82) is 0 Å². The third-order valence-electron chi connectivity index (χ3n) is 3.24. The van der Waals surface area contributed by atoms with Gasteiger partial charge in [0, 0.05) is 5.33 Å². The lowest BCUT2D eigenvalue weighted by atomic mass is 9.96. The Bertz CT molecular complexity index is 485. The Morgan fingerprint density at radius 1 is 0.944 bits per heavy atom. The molecule has 1 heteroatoms. The van der Waals surface area contributed by atoms with Crippen molar-refractivity contribution >= 4 is 15.9 Å². The summed E-state index contributed by atoms with van der Waals surface area (Å²) in [5.74, 6) is 0. The standard InChI is InChI=1S/C17H19Br/c1-2-3-6-15-7-4-5-8-17(15)16-11-9-14(13-18)10-12-16/h4-5,7-12H,2-3,6,13H2,1H3. The maximum absolute atomic E-state index is 3.49. The minimum Gasteiger partial charge on any atom is -0.0876 e. The highest BCUT2D eigenvalue weighted by molar-refractivity contribution is 9.08. The monoisotopic (exact) mass is 302 g/mol. The number of hydrogen-bond acceptors (Lipinski definition) is 0. The first-order valence-electron chi connectivity index (χ1n) is 6.58. The summed E-state index contributed by atoms with van der Waals surface area (Å²) in [4.78, 5) is 0. The van der Waals surface area contributed by atoms with Gasteiger partial charge in [-0.15, -0.1) is 0 Å². The molecule has 0 N–H and O–H groups in total. The van der Waals surface area contributed by atoms with Gasteiger partial charge in [-0.25, -0.2) is 0 Å². The number of rotatable bonds is 5. The summed E-state index contributed by atoms with van der Waals surface area (Å²) in [6.45, 7) is 2.24. The van der Waals surface area contributed by atoms with Crippen LogP contribution in [-0.2, 0) is 11.8 Å². The van der Waals surface area contributed by atoms with E-state index in [1.807, 2.05) is 0 Å². The molecule has 0 atom stereocenters. The average molecular weight is 303 g/mol. The van der Waals surface area contributed by atoms with Crippen LogP contribution in [0, 0.1) is 0 Å². The number of alkyl halides is 1. The van der Waals surface area contributed by atoms with E-state index in [4.69, 9.17) is 0 Å².